The number of thiazole rings is 1. The number of fused-ring (bicyclic) bond motifs is 3. The van der Waals surface area contributed by atoms with Crippen molar-refractivity contribution >= 4 is 62.8 Å². The van der Waals surface area contributed by atoms with E-state index in [1.807, 2.05) is 45.1 Å². The number of amides is 3. The van der Waals surface area contributed by atoms with Gasteiger partial charge in [-0.1, -0.05) is 38.4 Å². The van der Waals surface area contributed by atoms with Gasteiger partial charge in [0, 0.05) is 56.1 Å². The maximum Gasteiger partial charge on any atom is 0.408 e. The van der Waals surface area contributed by atoms with Gasteiger partial charge >= 0.3 is 12.1 Å². The number of hydrogen-bond acceptors (Lipinski definition) is 12. The number of methoxy groups -OCH3 is 1. The molecule has 3 aromatic rings. The number of carboxylic acid groups (broad SMARTS) is 1. The van der Waals surface area contributed by atoms with E-state index in [-0.39, 0.29) is 42.7 Å². The summed E-state index contributed by atoms with van der Waals surface area (Å²) in [7, 11) is 5.29. The summed E-state index contributed by atoms with van der Waals surface area (Å²) in [5, 5.41) is 19.1. The van der Waals surface area contributed by atoms with Crippen LogP contribution in [0, 0.1) is 11.3 Å². The highest BCUT2D eigenvalue weighted by atomic mass is 35.5. The van der Waals surface area contributed by atoms with E-state index in [1.54, 1.807) is 18.2 Å². The molecule has 1 aromatic carbocycles. The summed E-state index contributed by atoms with van der Waals surface area (Å²) >= 11 is 8.25. The molecule has 57 heavy (non-hydrogen) atoms. The molecule has 0 radical (unpaired) electrons. The molecule has 7 atom stereocenters. The van der Waals surface area contributed by atoms with E-state index in [2.05, 4.69) is 17.2 Å². The predicted molar refractivity (Wildman–Crippen MR) is 214 cm³/mol. The first-order valence-electron chi connectivity index (χ1n) is 19.1. The fourth-order valence-electron chi connectivity index (χ4n) is 8.08. The second kappa shape index (κ2) is 15.6. The number of anilines is 1. The number of aromatic nitrogens is 2. The molecule has 3 aliphatic heterocycles. The Hall–Kier alpha value is -4.67. The molecule has 3 saturated heterocycles. The normalized spacial score (nSPS) is 27.0. The second-order valence-corrected chi connectivity index (χ2v) is 17.8. The third-order valence-corrected chi connectivity index (χ3v) is 12.6. The summed E-state index contributed by atoms with van der Waals surface area (Å²) in [5.41, 5.74) is -0.870. The van der Waals surface area contributed by atoms with Gasteiger partial charge in [0.25, 0.3) is 0 Å². The van der Waals surface area contributed by atoms with E-state index >= 15 is 0 Å². The number of ether oxygens (including phenoxy) is 4. The van der Waals surface area contributed by atoms with Gasteiger partial charge in [0.1, 0.15) is 52.0 Å². The fraction of sp³-hybridized carbons (Fsp3) is 0.550. The Kier molecular flexibility index (Phi) is 11.1. The first-order valence-corrected chi connectivity index (χ1v) is 20.3. The van der Waals surface area contributed by atoms with Crippen molar-refractivity contribution in [2.24, 2.45) is 11.3 Å². The predicted octanol–water partition coefficient (Wildman–Crippen LogP) is 5.43. The SMILES string of the molecule is C=C[C@@H]1C[C@]1(NC(=O)[C@@H]1C[C@@H](Oc2cc(-c3csc(N(C)C)n3)nc3c(Cl)c(OC)ccc23)CN1C(=O)[C@@H](NC(=O)OC1CC2CCC(C1)O2)C(C)(C)C)C(=O)O. The number of nitrogens with one attached hydrogen (secondary N) is 2. The van der Waals surface area contributed by atoms with Gasteiger partial charge in [0.05, 0.1) is 37.1 Å². The number of carbonyl (C=O) groups excluding carboxylic acids is 3. The molecule has 4 fully saturated rings. The third-order valence-electron chi connectivity index (χ3n) is 11.3. The van der Waals surface area contributed by atoms with Crippen LogP contribution in [0.15, 0.2) is 36.2 Å². The zero-order valence-corrected chi connectivity index (χ0v) is 34.4. The Morgan fingerprint density at radius 2 is 1.82 bits per heavy atom. The maximum absolute atomic E-state index is 14.7. The van der Waals surface area contributed by atoms with Crippen LogP contribution >= 0.6 is 22.9 Å². The van der Waals surface area contributed by atoms with Crippen LogP contribution in [0.1, 0.15) is 59.3 Å². The molecule has 0 spiro atoms. The van der Waals surface area contributed by atoms with Crippen molar-refractivity contribution in [3.63, 3.8) is 0 Å². The number of nitrogens with zero attached hydrogens (tertiary/aromatic N) is 4. The van der Waals surface area contributed by atoms with Gasteiger partial charge in [-0.05, 0) is 36.8 Å². The van der Waals surface area contributed by atoms with Crippen LogP contribution in [0.4, 0.5) is 9.93 Å². The molecule has 1 saturated carbocycles. The number of rotatable bonds is 12. The number of likely N-dealkylation sites (tertiary alicyclic amines) is 1. The lowest BCUT2D eigenvalue weighted by Crippen LogP contribution is -2.59. The number of alkyl carbamates (subject to hydrolysis) is 1. The van der Waals surface area contributed by atoms with E-state index < -0.39 is 58.9 Å². The molecular weight excluding hydrogens is 776 g/mol. The summed E-state index contributed by atoms with van der Waals surface area (Å²) < 4.78 is 23.9. The molecule has 2 bridgehead atoms. The molecule has 5 heterocycles. The van der Waals surface area contributed by atoms with Crippen LogP contribution in [0.3, 0.4) is 0 Å². The molecule has 4 aliphatic rings. The van der Waals surface area contributed by atoms with Crippen molar-refractivity contribution in [2.75, 3.05) is 32.6 Å². The Morgan fingerprint density at radius 3 is 2.42 bits per heavy atom. The van der Waals surface area contributed by atoms with Crippen molar-refractivity contribution in [3.8, 4) is 22.9 Å². The summed E-state index contributed by atoms with van der Waals surface area (Å²) in [6.07, 6.45) is 2.99. The Bertz CT molecular complexity index is 2080. The quantitative estimate of drug-likeness (QED) is 0.197. The molecule has 1 aliphatic carbocycles. The van der Waals surface area contributed by atoms with Gasteiger partial charge in [0.2, 0.25) is 11.8 Å². The maximum atomic E-state index is 14.7. The van der Waals surface area contributed by atoms with E-state index in [0.29, 0.717) is 46.6 Å². The van der Waals surface area contributed by atoms with Crippen LogP contribution in [-0.4, -0.2) is 114 Å². The number of carboxylic acids is 1. The first kappa shape index (κ1) is 40.5. The van der Waals surface area contributed by atoms with Crippen molar-refractivity contribution in [2.45, 2.75) is 101 Å². The first-order chi connectivity index (χ1) is 27.0. The number of pyridine rings is 1. The van der Waals surface area contributed by atoms with Crippen molar-refractivity contribution in [3.05, 3.63) is 41.3 Å². The minimum Gasteiger partial charge on any atom is -0.495 e. The van der Waals surface area contributed by atoms with Gasteiger partial charge < -0.3 is 44.5 Å². The molecule has 306 valence electrons. The van der Waals surface area contributed by atoms with E-state index in [9.17, 15) is 24.3 Å². The summed E-state index contributed by atoms with van der Waals surface area (Å²) in [6, 6.07) is 2.97. The molecule has 7 rings (SSSR count). The van der Waals surface area contributed by atoms with E-state index in [0.717, 1.165) is 18.0 Å². The van der Waals surface area contributed by atoms with E-state index in [4.69, 9.17) is 40.5 Å². The minimum atomic E-state index is -1.54. The van der Waals surface area contributed by atoms with Crippen LogP contribution in [-0.2, 0) is 23.9 Å². The number of benzene rings is 1. The Morgan fingerprint density at radius 1 is 1.11 bits per heavy atom. The van der Waals surface area contributed by atoms with Crippen LogP contribution < -0.4 is 25.0 Å². The van der Waals surface area contributed by atoms with Gasteiger partial charge in [0.15, 0.2) is 5.13 Å². The number of halogens is 1. The van der Waals surface area contributed by atoms with Gasteiger partial charge in [-0.3, -0.25) is 9.59 Å². The van der Waals surface area contributed by atoms with Gasteiger partial charge in [-0.25, -0.2) is 19.6 Å². The summed E-state index contributed by atoms with van der Waals surface area (Å²) in [4.78, 5) is 67.6. The van der Waals surface area contributed by atoms with Crippen LogP contribution in [0.25, 0.3) is 22.3 Å². The molecule has 15 nitrogen and oxygen atoms in total. The molecule has 2 unspecified atom stereocenters. The van der Waals surface area contributed by atoms with Crippen LogP contribution in [0.5, 0.6) is 11.5 Å². The van der Waals surface area contributed by atoms with Gasteiger partial charge in [-0.15, -0.1) is 17.9 Å². The molecular formula is C40H49ClN6O9S. The lowest BCUT2D eigenvalue weighted by molar-refractivity contribution is -0.146. The number of hydrogen-bond donors (Lipinski definition) is 3. The average Bonchev–Trinajstić information content (AvgIpc) is 3.47. The lowest BCUT2D eigenvalue weighted by Gasteiger charge is -2.36. The van der Waals surface area contributed by atoms with Crippen molar-refractivity contribution in [1.82, 2.24) is 25.5 Å². The molecule has 3 amide bonds. The highest BCUT2D eigenvalue weighted by Crippen LogP contribution is 2.45. The van der Waals surface area contributed by atoms with Crippen LogP contribution in [0.2, 0.25) is 5.02 Å². The van der Waals surface area contributed by atoms with Crippen molar-refractivity contribution < 1.29 is 43.2 Å². The number of carbonyl (C=O) groups is 4. The van der Waals surface area contributed by atoms with Gasteiger partial charge in [-0.2, -0.15) is 0 Å². The topological polar surface area (TPSA) is 182 Å². The third kappa shape index (κ3) is 8.08. The summed E-state index contributed by atoms with van der Waals surface area (Å²) in [6.45, 7) is 9.11. The largest absolute Gasteiger partial charge is 0.495 e. The summed E-state index contributed by atoms with van der Waals surface area (Å²) in [5.74, 6) is -2.06. The van der Waals surface area contributed by atoms with E-state index in [1.165, 1.54) is 29.4 Å². The Labute approximate surface area is 340 Å². The minimum absolute atomic E-state index is 0.0166. The smallest absolute Gasteiger partial charge is 0.408 e. The monoisotopic (exact) mass is 824 g/mol. The second-order valence-electron chi connectivity index (χ2n) is 16.6. The zero-order chi connectivity index (χ0) is 41.0. The highest BCUT2D eigenvalue weighted by molar-refractivity contribution is 7.14. The standard InChI is InChI=1S/C40H49ClN6O9S/c1-8-20-17-40(20,36(50)51)45-34(48)28-15-24(18-47(28)35(49)33(39(2,3)4)44-38(52)56-23-13-21-9-10-22(14-23)54-21)55-30-16-26(27-19-57-37(43-27)46(5)6)42-32-25(30)11-12-29(53-7)31(32)41/h8,11-12,16,19-24,28,33H,1,9-10,13-15,17-18H2,2-7H3,(H,44,52)(H,45,48)(H,50,51)/t20-,21?,22?,23?,24-,28+,33-,40-/m1/s1. The number of aliphatic carboxylic acids is 1. The fourth-order valence-corrected chi connectivity index (χ4v) is 9.12. The molecule has 17 heteroatoms. The van der Waals surface area contributed by atoms with Crippen molar-refractivity contribution in [1.29, 1.82) is 0 Å². The average molecular weight is 825 g/mol. The zero-order valence-electron chi connectivity index (χ0n) is 32.9. The highest BCUT2D eigenvalue weighted by Gasteiger charge is 2.61. The molecule has 3 N–H and O–H groups in total. The Balaban J connectivity index is 1.20. The molecule has 2 aromatic heterocycles. The lowest BCUT2D eigenvalue weighted by atomic mass is 9.85.